The third kappa shape index (κ3) is 6.78. The zero-order chi connectivity index (χ0) is 23.0. The van der Waals surface area contributed by atoms with Crippen LogP contribution in [0.1, 0.15) is 49.4 Å². The molecule has 9 heteroatoms. The molecule has 1 aliphatic rings. The van der Waals surface area contributed by atoms with Crippen molar-refractivity contribution in [3.05, 3.63) is 48.2 Å². The summed E-state index contributed by atoms with van der Waals surface area (Å²) in [7, 11) is -3.51. The van der Waals surface area contributed by atoms with Gasteiger partial charge in [0.25, 0.3) is 0 Å². The quantitative estimate of drug-likeness (QED) is 0.410. The van der Waals surface area contributed by atoms with Crippen LogP contribution in [0, 0.1) is 0 Å². The van der Waals surface area contributed by atoms with Crippen molar-refractivity contribution >= 4 is 27.6 Å². The van der Waals surface area contributed by atoms with Gasteiger partial charge in [-0.15, -0.1) is 11.8 Å². The number of sulfonamides is 1. The van der Waals surface area contributed by atoms with Gasteiger partial charge in [0.15, 0.2) is 5.78 Å². The van der Waals surface area contributed by atoms with Crippen molar-refractivity contribution < 1.29 is 23.1 Å². The number of nitrogens with zero attached hydrogens (tertiary/aromatic N) is 2. The van der Waals surface area contributed by atoms with E-state index in [2.05, 4.69) is 4.98 Å². The van der Waals surface area contributed by atoms with E-state index in [0.717, 1.165) is 25.7 Å². The minimum atomic E-state index is -3.51. The van der Waals surface area contributed by atoms with Crippen LogP contribution < -0.4 is 4.74 Å². The van der Waals surface area contributed by atoms with Crippen molar-refractivity contribution in [2.45, 2.75) is 55.1 Å². The summed E-state index contributed by atoms with van der Waals surface area (Å²) >= 11 is 1.34. The number of thioether (sulfide) groups is 1. The van der Waals surface area contributed by atoms with Gasteiger partial charge in [0.05, 0.1) is 11.1 Å². The summed E-state index contributed by atoms with van der Waals surface area (Å²) in [6.45, 7) is 3.04. The molecular weight excluding hydrogens is 448 g/mol. The number of Topliss-reactive ketones (excluding diaryl/α,β-unsaturated/α-hetero) is 1. The van der Waals surface area contributed by atoms with Crippen molar-refractivity contribution in [3.8, 4) is 5.75 Å². The van der Waals surface area contributed by atoms with Crippen LogP contribution in [0.15, 0.2) is 52.5 Å². The lowest BCUT2D eigenvalue weighted by Crippen LogP contribution is -2.32. The molecule has 0 spiro atoms. The summed E-state index contributed by atoms with van der Waals surface area (Å²) in [6, 6.07) is 10.1. The highest BCUT2D eigenvalue weighted by atomic mass is 32.2. The van der Waals surface area contributed by atoms with Crippen LogP contribution in [0.4, 0.5) is 0 Å². The maximum Gasteiger partial charge on any atom is 0.244 e. The lowest BCUT2D eigenvalue weighted by atomic mass is 10.1. The van der Waals surface area contributed by atoms with Crippen LogP contribution in [-0.4, -0.2) is 60.1 Å². The first-order valence-corrected chi connectivity index (χ1v) is 13.4. The Kier molecular flexibility index (Phi) is 9.10. The monoisotopic (exact) mass is 478 g/mol. The molecule has 3 rings (SSSR count). The first-order valence-electron chi connectivity index (χ1n) is 10.9. The van der Waals surface area contributed by atoms with Crippen molar-refractivity contribution in [2.24, 2.45) is 0 Å². The summed E-state index contributed by atoms with van der Waals surface area (Å²) < 4.78 is 32.8. The van der Waals surface area contributed by atoms with Gasteiger partial charge < -0.3 is 9.84 Å². The summed E-state index contributed by atoms with van der Waals surface area (Å²) in [5, 5.41) is 10.8. The molecule has 0 aliphatic carbocycles. The van der Waals surface area contributed by atoms with E-state index in [-0.39, 0.29) is 17.3 Å². The van der Waals surface area contributed by atoms with Gasteiger partial charge in [-0.2, -0.15) is 4.31 Å². The first-order chi connectivity index (χ1) is 15.4. The Morgan fingerprint density at radius 2 is 1.81 bits per heavy atom. The molecule has 0 bridgehead atoms. The Morgan fingerprint density at radius 1 is 1.12 bits per heavy atom. The summed E-state index contributed by atoms with van der Waals surface area (Å²) in [6.07, 6.45) is 5.04. The number of benzene rings is 1. The fourth-order valence-electron chi connectivity index (χ4n) is 3.40. The van der Waals surface area contributed by atoms with Gasteiger partial charge in [-0.1, -0.05) is 19.8 Å². The van der Waals surface area contributed by atoms with Gasteiger partial charge in [0, 0.05) is 37.0 Å². The molecule has 1 N–H and O–H groups in total. The highest BCUT2D eigenvalue weighted by Gasteiger charge is 2.25. The van der Waals surface area contributed by atoms with Crippen LogP contribution in [0.3, 0.4) is 0 Å². The van der Waals surface area contributed by atoms with E-state index in [1.807, 2.05) is 6.92 Å². The number of aliphatic hydroxyl groups is 1. The number of aliphatic hydroxyl groups excluding tert-OH is 1. The van der Waals surface area contributed by atoms with Gasteiger partial charge in [0.1, 0.15) is 17.3 Å². The normalized spacial score (nSPS) is 16.3. The minimum absolute atomic E-state index is 0.0748. The summed E-state index contributed by atoms with van der Waals surface area (Å²) in [5.41, 5.74) is 0.642. The van der Waals surface area contributed by atoms with E-state index >= 15 is 0 Å². The number of rotatable bonds is 10. The Bertz CT molecular complexity index is 970. The molecular formula is C23H30N2O5S2. The topological polar surface area (TPSA) is 96.8 Å². The molecule has 32 heavy (non-hydrogen) atoms. The molecule has 0 saturated carbocycles. The van der Waals surface area contributed by atoms with E-state index in [0.29, 0.717) is 41.6 Å². The number of aromatic nitrogens is 1. The fourth-order valence-corrected chi connectivity index (χ4v) is 5.61. The van der Waals surface area contributed by atoms with Crippen LogP contribution in [-0.2, 0) is 10.0 Å². The molecule has 1 aromatic heterocycles. The van der Waals surface area contributed by atoms with Crippen molar-refractivity contribution in [3.63, 3.8) is 0 Å². The number of carbonyl (C=O) groups excluding carboxylic acids is 1. The van der Waals surface area contributed by atoms with E-state index in [4.69, 9.17) is 4.74 Å². The summed E-state index contributed by atoms with van der Waals surface area (Å²) in [5.74, 6) is 1.02. The number of pyridine rings is 1. The Morgan fingerprint density at radius 3 is 2.41 bits per heavy atom. The predicted molar refractivity (Wildman–Crippen MR) is 125 cm³/mol. The van der Waals surface area contributed by atoms with Crippen molar-refractivity contribution in [2.75, 3.05) is 25.4 Å². The Labute approximate surface area is 194 Å². The highest BCUT2D eigenvalue weighted by molar-refractivity contribution is 7.99. The SMILES string of the molecule is CCC(=O)c1ccc(OC[C@H](O)CSc2ccc(S(=O)(=O)N3CCCCCC3)cn2)cc1. The average molecular weight is 479 g/mol. The second kappa shape index (κ2) is 11.8. The number of carbonyl (C=O) groups is 1. The van der Waals surface area contributed by atoms with Crippen LogP contribution >= 0.6 is 11.8 Å². The summed E-state index contributed by atoms with van der Waals surface area (Å²) in [4.78, 5) is 16.1. The first kappa shape index (κ1) is 24.7. The Balaban J connectivity index is 1.47. The van der Waals surface area contributed by atoms with Crippen molar-refractivity contribution in [1.82, 2.24) is 9.29 Å². The average Bonchev–Trinajstić information content (AvgIpc) is 3.12. The minimum Gasteiger partial charge on any atom is -0.491 e. The van der Waals surface area contributed by atoms with Crippen LogP contribution in [0.25, 0.3) is 0 Å². The maximum absolute atomic E-state index is 12.8. The highest BCUT2D eigenvalue weighted by Crippen LogP contribution is 2.23. The molecule has 0 unspecified atom stereocenters. The van der Waals surface area contributed by atoms with Crippen LogP contribution in [0.5, 0.6) is 5.75 Å². The van der Waals surface area contributed by atoms with Gasteiger partial charge in [0.2, 0.25) is 10.0 Å². The predicted octanol–water partition coefficient (Wildman–Crippen LogP) is 3.77. The maximum atomic E-state index is 12.8. The molecule has 1 atom stereocenters. The lowest BCUT2D eigenvalue weighted by Gasteiger charge is -2.19. The molecule has 1 aliphatic heterocycles. The fraction of sp³-hybridized carbons (Fsp3) is 0.478. The molecule has 1 fully saturated rings. The molecule has 2 aromatic rings. The second-order valence-electron chi connectivity index (χ2n) is 7.73. The van der Waals surface area contributed by atoms with Gasteiger partial charge in [-0.25, -0.2) is 13.4 Å². The van der Waals surface area contributed by atoms with E-state index in [1.54, 1.807) is 40.7 Å². The van der Waals surface area contributed by atoms with Gasteiger partial charge in [-0.05, 0) is 49.2 Å². The van der Waals surface area contributed by atoms with Crippen LogP contribution in [0.2, 0.25) is 0 Å². The molecule has 0 amide bonds. The largest absolute Gasteiger partial charge is 0.491 e. The lowest BCUT2D eigenvalue weighted by molar-refractivity contribution is 0.0987. The molecule has 0 radical (unpaired) electrons. The molecule has 2 heterocycles. The van der Waals surface area contributed by atoms with E-state index in [1.165, 1.54) is 18.0 Å². The zero-order valence-corrected chi connectivity index (χ0v) is 19.9. The Hall–Kier alpha value is -1.94. The molecule has 174 valence electrons. The molecule has 1 aromatic carbocycles. The smallest absolute Gasteiger partial charge is 0.244 e. The second-order valence-corrected chi connectivity index (χ2v) is 10.7. The number of ketones is 1. The van der Waals surface area contributed by atoms with Crippen molar-refractivity contribution in [1.29, 1.82) is 0 Å². The van der Waals surface area contributed by atoms with Gasteiger partial charge in [-0.3, -0.25) is 4.79 Å². The van der Waals surface area contributed by atoms with E-state index < -0.39 is 16.1 Å². The standard InChI is InChI=1S/C23H30N2O5S2/c1-2-22(27)18-7-9-20(10-8-18)30-16-19(26)17-31-23-12-11-21(15-24-23)32(28,29)25-13-5-3-4-6-14-25/h7-12,15,19,26H,2-6,13-14,16-17H2,1H3/t19-/m0/s1. The third-order valence-electron chi connectivity index (χ3n) is 5.28. The molecule has 7 nitrogen and oxygen atoms in total. The van der Waals surface area contributed by atoms with E-state index in [9.17, 15) is 18.3 Å². The number of hydrogen-bond acceptors (Lipinski definition) is 7. The van der Waals surface area contributed by atoms with Gasteiger partial charge >= 0.3 is 0 Å². The number of ether oxygens (including phenoxy) is 1. The molecule has 1 saturated heterocycles. The number of hydrogen-bond donors (Lipinski definition) is 1. The zero-order valence-electron chi connectivity index (χ0n) is 18.3. The third-order valence-corrected chi connectivity index (χ3v) is 8.25.